The Hall–Kier alpha value is -2.08. The predicted octanol–water partition coefficient (Wildman–Crippen LogP) is 4.54. The summed E-state index contributed by atoms with van der Waals surface area (Å²) in [6, 6.07) is 11.3. The van der Waals surface area contributed by atoms with Gasteiger partial charge >= 0.3 is 0 Å². The maximum atomic E-state index is 13.0. The van der Waals surface area contributed by atoms with Crippen molar-refractivity contribution < 1.29 is 19.4 Å². The number of rotatable bonds is 6. The summed E-state index contributed by atoms with van der Waals surface area (Å²) in [5.74, 6) is 0.692. The van der Waals surface area contributed by atoms with Gasteiger partial charge in [0.1, 0.15) is 18.0 Å². The van der Waals surface area contributed by atoms with E-state index in [2.05, 4.69) is 0 Å². The molecule has 1 N–H and O–H groups in total. The Kier molecular flexibility index (Phi) is 7.40. The summed E-state index contributed by atoms with van der Waals surface area (Å²) < 4.78 is 11.1. The molecule has 1 saturated heterocycles. The van der Waals surface area contributed by atoms with Gasteiger partial charge in [0, 0.05) is 30.8 Å². The van der Waals surface area contributed by atoms with Gasteiger partial charge in [0.05, 0.1) is 6.61 Å². The zero-order chi connectivity index (χ0) is 21.7. The molecule has 1 atom stereocenters. The first kappa shape index (κ1) is 22.6. The van der Waals surface area contributed by atoms with Gasteiger partial charge in [0.2, 0.25) is 0 Å². The lowest BCUT2D eigenvalue weighted by Gasteiger charge is -2.27. The van der Waals surface area contributed by atoms with Crippen LogP contribution in [0.5, 0.6) is 5.75 Å². The van der Waals surface area contributed by atoms with Gasteiger partial charge in [-0.3, -0.25) is 4.79 Å². The molecule has 2 aromatic rings. The van der Waals surface area contributed by atoms with Crippen molar-refractivity contribution in [3.63, 3.8) is 0 Å². The molecule has 30 heavy (non-hydrogen) atoms. The summed E-state index contributed by atoms with van der Waals surface area (Å²) in [6.45, 7) is 5.66. The minimum Gasteiger partial charge on any atom is -0.491 e. The number of aryl methyl sites for hydroxylation is 2. The second-order valence-corrected chi connectivity index (χ2v) is 8.54. The van der Waals surface area contributed by atoms with E-state index < -0.39 is 5.60 Å². The van der Waals surface area contributed by atoms with E-state index in [0.717, 1.165) is 28.1 Å². The number of halogens is 1. The van der Waals surface area contributed by atoms with Crippen LogP contribution in [0.3, 0.4) is 0 Å². The second kappa shape index (κ2) is 9.82. The maximum absolute atomic E-state index is 13.0. The van der Waals surface area contributed by atoms with E-state index in [4.69, 9.17) is 21.1 Å². The fourth-order valence-electron chi connectivity index (χ4n) is 3.88. The molecule has 1 aliphatic rings. The summed E-state index contributed by atoms with van der Waals surface area (Å²) in [6.07, 6.45) is 1.79. The average Bonchev–Trinajstić information content (AvgIpc) is 2.92. The van der Waals surface area contributed by atoms with Crippen LogP contribution in [-0.4, -0.2) is 48.3 Å². The SMILES string of the molecule is COCc1cccc(C(=O)N2CCCC(O)(COc3cc(C)c(Cl)c(C)c3)CC2)c1. The first-order chi connectivity index (χ1) is 14.3. The van der Waals surface area contributed by atoms with Crippen LogP contribution in [-0.2, 0) is 11.3 Å². The van der Waals surface area contributed by atoms with Crippen LogP contribution >= 0.6 is 11.6 Å². The lowest BCUT2D eigenvalue weighted by Crippen LogP contribution is -2.38. The minimum absolute atomic E-state index is 0.0120. The number of hydrogen-bond donors (Lipinski definition) is 1. The molecule has 0 bridgehead atoms. The van der Waals surface area contributed by atoms with Gasteiger partial charge in [0.15, 0.2) is 0 Å². The Morgan fingerprint density at radius 1 is 1.17 bits per heavy atom. The van der Waals surface area contributed by atoms with Crippen molar-refractivity contribution in [1.29, 1.82) is 0 Å². The van der Waals surface area contributed by atoms with E-state index in [0.29, 0.717) is 43.9 Å². The predicted molar refractivity (Wildman–Crippen MR) is 118 cm³/mol. The number of methoxy groups -OCH3 is 1. The molecule has 1 unspecified atom stereocenters. The van der Waals surface area contributed by atoms with E-state index in [1.165, 1.54) is 0 Å². The van der Waals surface area contributed by atoms with Gasteiger partial charge in [0.25, 0.3) is 5.91 Å². The van der Waals surface area contributed by atoms with Crippen LogP contribution in [0.4, 0.5) is 0 Å². The molecule has 162 valence electrons. The van der Waals surface area contributed by atoms with Crippen LogP contribution in [0.25, 0.3) is 0 Å². The number of carbonyl (C=O) groups excluding carboxylic acids is 1. The Labute approximate surface area is 183 Å². The molecule has 1 fully saturated rings. The van der Waals surface area contributed by atoms with Gasteiger partial charge in [-0.15, -0.1) is 0 Å². The van der Waals surface area contributed by atoms with Crippen molar-refractivity contribution in [3.8, 4) is 5.75 Å². The number of aliphatic hydroxyl groups is 1. The molecule has 1 heterocycles. The largest absolute Gasteiger partial charge is 0.491 e. The van der Waals surface area contributed by atoms with Crippen molar-refractivity contribution in [2.75, 3.05) is 26.8 Å². The fourth-order valence-corrected chi connectivity index (χ4v) is 3.99. The van der Waals surface area contributed by atoms with Crippen molar-refractivity contribution in [2.45, 2.75) is 45.3 Å². The molecule has 0 saturated carbocycles. The monoisotopic (exact) mass is 431 g/mol. The van der Waals surface area contributed by atoms with Gasteiger partial charge < -0.3 is 19.5 Å². The number of likely N-dealkylation sites (tertiary alicyclic amines) is 1. The number of ether oxygens (including phenoxy) is 2. The number of benzene rings is 2. The van der Waals surface area contributed by atoms with E-state index in [1.54, 1.807) is 7.11 Å². The standard InChI is InChI=1S/C24H30ClNO4/c1-17-12-21(13-18(2)22(17)25)30-16-24(28)8-5-10-26(11-9-24)23(27)20-7-4-6-19(14-20)15-29-3/h4,6-7,12-14,28H,5,8-11,15-16H2,1-3H3. The zero-order valence-corrected chi connectivity index (χ0v) is 18.7. The molecule has 0 aliphatic carbocycles. The Balaban J connectivity index is 1.62. The molecule has 1 amide bonds. The number of nitrogens with zero attached hydrogens (tertiary/aromatic N) is 1. The summed E-state index contributed by atoms with van der Waals surface area (Å²) in [5, 5.41) is 11.8. The Bertz CT molecular complexity index is 878. The van der Waals surface area contributed by atoms with Crippen LogP contribution < -0.4 is 4.74 Å². The third kappa shape index (κ3) is 5.54. The molecule has 6 heteroatoms. The quantitative estimate of drug-likeness (QED) is 0.729. The lowest BCUT2D eigenvalue weighted by atomic mass is 9.96. The lowest BCUT2D eigenvalue weighted by molar-refractivity contribution is -0.0163. The van der Waals surface area contributed by atoms with Gasteiger partial charge in [-0.1, -0.05) is 23.7 Å². The second-order valence-electron chi connectivity index (χ2n) is 8.16. The van der Waals surface area contributed by atoms with Gasteiger partial charge in [-0.25, -0.2) is 0 Å². The normalized spacial score (nSPS) is 19.4. The first-order valence-electron chi connectivity index (χ1n) is 10.3. The molecular weight excluding hydrogens is 402 g/mol. The van der Waals surface area contributed by atoms with Gasteiger partial charge in [-0.2, -0.15) is 0 Å². The Morgan fingerprint density at radius 3 is 2.60 bits per heavy atom. The molecule has 0 spiro atoms. The van der Waals surface area contributed by atoms with E-state index in [-0.39, 0.29) is 12.5 Å². The first-order valence-corrected chi connectivity index (χ1v) is 10.7. The molecule has 3 rings (SSSR count). The highest BCUT2D eigenvalue weighted by atomic mass is 35.5. The molecule has 1 aliphatic heterocycles. The fraction of sp³-hybridized carbons (Fsp3) is 0.458. The highest BCUT2D eigenvalue weighted by Crippen LogP contribution is 2.29. The Morgan fingerprint density at radius 2 is 1.90 bits per heavy atom. The van der Waals surface area contributed by atoms with E-state index in [9.17, 15) is 9.90 Å². The van der Waals surface area contributed by atoms with Gasteiger partial charge in [-0.05, 0) is 74.1 Å². The summed E-state index contributed by atoms with van der Waals surface area (Å²) in [5.41, 5.74) is 2.56. The maximum Gasteiger partial charge on any atom is 0.253 e. The molecule has 0 aromatic heterocycles. The third-order valence-electron chi connectivity index (χ3n) is 5.61. The van der Waals surface area contributed by atoms with Crippen molar-refractivity contribution >= 4 is 17.5 Å². The number of carbonyl (C=O) groups is 1. The van der Waals surface area contributed by atoms with Crippen molar-refractivity contribution in [2.24, 2.45) is 0 Å². The zero-order valence-electron chi connectivity index (χ0n) is 17.9. The van der Waals surface area contributed by atoms with Crippen LogP contribution in [0.1, 0.15) is 46.3 Å². The highest BCUT2D eigenvalue weighted by molar-refractivity contribution is 6.32. The van der Waals surface area contributed by atoms with E-state index in [1.807, 2.05) is 55.1 Å². The topological polar surface area (TPSA) is 59.0 Å². The molecule has 0 radical (unpaired) electrons. The van der Waals surface area contributed by atoms with Crippen molar-refractivity contribution in [3.05, 3.63) is 63.7 Å². The van der Waals surface area contributed by atoms with Crippen molar-refractivity contribution in [1.82, 2.24) is 4.90 Å². The number of hydrogen-bond acceptors (Lipinski definition) is 4. The minimum atomic E-state index is -0.964. The summed E-state index contributed by atoms with van der Waals surface area (Å²) in [4.78, 5) is 14.8. The smallest absolute Gasteiger partial charge is 0.253 e. The van der Waals surface area contributed by atoms with Crippen LogP contribution in [0, 0.1) is 13.8 Å². The highest BCUT2D eigenvalue weighted by Gasteiger charge is 2.32. The summed E-state index contributed by atoms with van der Waals surface area (Å²) in [7, 11) is 1.64. The number of amides is 1. The molecule has 5 nitrogen and oxygen atoms in total. The molecule has 2 aromatic carbocycles. The average molecular weight is 432 g/mol. The molecular formula is C24H30ClNO4. The summed E-state index contributed by atoms with van der Waals surface area (Å²) >= 11 is 6.22. The van der Waals surface area contributed by atoms with E-state index >= 15 is 0 Å². The third-order valence-corrected chi connectivity index (χ3v) is 6.20. The van der Waals surface area contributed by atoms with Crippen LogP contribution in [0.2, 0.25) is 5.02 Å². The van der Waals surface area contributed by atoms with Crippen LogP contribution in [0.15, 0.2) is 36.4 Å².